The van der Waals surface area contributed by atoms with E-state index >= 15 is 0 Å². The second-order valence-corrected chi connectivity index (χ2v) is 3.51. The van der Waals surface area contributed by atoms with E-state index in [4.69, 9.17) is 9.84 Å². The van der Waals surface area contributed by atoms with Gasteiger partial charge < -0.3 is 9.84 Å². The largest absolute Gasteiger partial charge is 0.508 e. The van der Waals surface area contributed by atoms with E-state index in [1.165, 1.54) is 5.56 Å². The number of hydrogen-bond acceptors (Lipinski definition) is 2. The molecule has 0 amide bonds. The second-order valence-electron chi connectivity index (χ2n) is 2.72. The molecule has 0 radical (unpaired) electrons. The minimum absolute atomic E-state index is 0.310. The smallest absolute Gasteiger partial charge is 0.115 e. The van der Waals surface area contributed by atoms with E-state index < -0.39 is 0 Å². The first-order chi connectivity index (χ1) is 6.33. The van der Waals surface area contributed by atoms with Crippen LogP contribution in [-0.2, 0) is 11.2 Å². The number of halogens is 1. The summed E-state index contributed by atoms with van der Waals surface area (Å²) < 4.78 is 5.31. The predicted molar refractivity (Wildman–Crippen MR) is 56.4 cm³/mol. The number of phenolic OH excluding ortho intramolecular Hbond substituents is 1. The van der Waals surface area contributed by atoms with Crippen molar-refractivity contribution in [2.45, 2.75) is 6.42 Å². The molecule has 0 saturated carbocycles. The van der Waals surface area contributed by atoms with E-state index in [-0.39, 0.29) is 0 Å². The zero-order chi connectivity index (χ0) is 9.52. The summed E-state index contributed by atoms with van der Waals surface area (Å²) in [5.41, 5.74) is 1.19. The molecule has 0 fully saturated rings. The molecule has 0 aromatic heterocycles. The number of ether oxygens (including phenoxy) is 1. The molecule has 0 aliphatic heterocycles. The van der Waals surface area contributed by atoms with Crippen molar-refractivity contribution in [2.75, 3.05) is 18.5 Å². The van der Waals surface area contributed by atoms with Crippen molar-refractivity contribution < 1.29 is 9.84 Å². The van der Waals surface area contributed by atoms with Crippen molar-refractivity contribution >= 4 is 15.9 Å². The average molecular weight is 245 g/mol. The molecule has 0 unspecified atom stereocenters. The fraction of sp³-hybridized carbons (Fsp3) is 0.400. The topological polar surface area (TPSA) is 29.5 Å². The van der Waals surface area contributed by atoms with Gasteiger partial charge in [-0.1, -0.05) is 28.1 Å². The maximum atomic E-state index is 9.03. The molecule has 0 heterocycles. The van der Waals surface area contributed by atoms with Crippen LogP contribution in [0.3, 0.4) is 0 Å². The van der Waals surface area contributed by atoms with Crippen molar-refractivity contribution in [3.05, 3.63) is 29.8 Å². The summed E-state index contributed by atoms with van der Waals surface area (Å²) in [7, 11) is 0. The van der Waals surface area contributed by atoms with E-state index in [0.717, 1.165) is 25.0 Å². The van der Waals surface area contributed by atoms with Crippen LogP contribution < -0.4 is 0 Å². The molecule has 0 spiro atoms. The van der Waals surface area contributed by atoms with Gasteiger partial charge in [-0.2, -0.15) is 0 Å². The lowest BCUT2D eigenvalue weighted by Gasteiger charge is -2.02. The summed E-state index contributed by atoms with van der Waals surface area (Å²) in [5, 5.41) is 9.91. The van der Waals surface area contributed by atoms with Gasteiger partial charge in [-0.25, -0.2) is 0 Å². The summed E-state index contributed by atoms with van der Waals surface area (Å²) in [6.45, 7) is 1.48. The number of phenols is 1. The minimum Gasteiger partial charge on any atom is -0.508 e. The van der Waals surface area contributed by atoms with Crippen LogP contribution in [0.5, 0.6) is 5.75 Å². The van der Waals surface area contributed by atoms with Crippen molar-refractivity contribution in [1.29, 1.82) is 0 Å². The number of hydrogen-bond donors (Lipinski definition) is 1. The maximum absolute atomic E-state index is 9.03. The highest BCUT2D eigenvalue weighted by Crippen LogP contribution is 2.09. The van der Waals surface area contributed by atoms with Gasteiger partial charge >= 0.3 is 0 Å². The van der Waals surface area contributed by atoms with Gasteiger partial charge in [0.05, 0.1) is 13.2 Å². The maximum Gasteiger partial charge on any atom is 0.115 e. The molecule has 2 nitrogen and oxygen atoms in total. The third-order valence-corrected chi connectivity index (χ3v) is 2.02. The third-order valence-electron chi connectivity index (χ3n) is 1.69. The van der Waals surface area contributed by atoms with Crippen molar-refractivity contribution in [1.82, 2.24) is 0 Å². The summed E-state index contributed by atoms with van der Waals surface area (Å²) in [4.78, 5) is 0. The van der Waals surface area contributed by atoms with E-state index in [1.54, 1.807) is 12.1 Å². The molecule has 0 aliphatic carbocycles. The first kappa shape index (κ1) is 10.5. The van der Waals surface area contributed by atoms with E-state index in [0.29, 0.717) is 5.75 Å². The van der Waals surface area contributed by atoms with Crippen LogP contribution in [0.1, 0.15) is 5.56 Å². The molecule has 0 atom stereocenters. The van der Waals surface area contributed by atoms with Crippen molar-refractivity contribution in [3.63, 3.8) is 0 Å². The fourth-order valence-corrected chi connectivity index (χ4v) is 1.24. The SMILES string of the molecule is Oc1ccc(CCOCCBr)cc1. The Kier molecular flexibility index (Phi) is 4.86. The Morgan fingerprint density at radius 3 is 2.46 bits per heavy atom. The Morgan fingerprint density at radius 2 is 1.85 bits per heavy atom. The van der Waals surface area contributed by atoms with Crippen molar-refractivity contribution in [3.8, 4) is 5.75 Å². The van der Waals surface area contributed by atoms with E-state index in [1.807, 2.05) is 12.1 Å². The Balaban J connectivity index is 2.25. The van der Waals surface area contributed by atoms with Gasteiger partial charge in [0.15, 0.2) is 0 Å². The number of alkyl halides is 1. The first-order valence-electron chi connectivity index (χ1n) is 4.24. The number of aromatic hydroxyl groups is 1. The number of rotatable bonds is 5. The number of benzene rings is 1. The predicted octanol–water partition coefficient (Wildman–Crippen LogP) is 2.35. The van der Waals surface area contributed by atoms with E-state index in [2.05, 4.69) is 15.9 Å². The van der Waals surface area contributed by atoms with Crippen LogP contribution in [0.4, 0.5) is 0 Å². The van der Waals surface area contributed by atoms with Crippen LogP contribution in [0, 0.1) is 0 Å². The normalized spacial score (nSPS) is 10.2. The minimum atomic E-state index is 0.310. The van der Waals surface area contributed by atoms with Crippen LogP contribution >= 0.6 is 15.9 Å². The molecule has 72 valence electrons. The van der Waals surface area contributed by atoms with Crippen LogP contribution in [0.25, 0.3) is 0 Å². The Bertz CT molecular complexity index is 233. The summed E-state index contributed by atoms with van der Waals surface area (Å²) in [6, 6.07) is 7.21. The molecule has 1 rings (SSSR count). The molecule has 0 saturated heterocycles. The fourth-order valence-electron chi connectivity index (χ4n) is 1.01. The highest BCUT2D eigenvalue weighted by Gasteiger charge is 1.93. The molecule has 1 aromatic rings. The van der Waals surface area contributed by atoms with Crippen molar-refractivity contribution in [2.24, 2.45) is 0 Å². The molecule has 1 N–H and O–H groups in total. The van der Waals surface area contributed by atoms with Gasteiger partial charge in [0.2, 0.25) is 0 Å². The lowest BCUT2D eigenvalue weighted by Crippen LogP contribution is -2.00. The molecule has 1 aromatic carbocycles. The van der Waals surface area contributed by atoms with Gasteiger partial charge in [-0.05, 0) is 24.1 Å². The molecule has 0 aliphatic rings. The summed E-state index contributed by atoms with van der Waals surface area (Å²) >= 11 is 3.29. The highest BCUT2D eigenvalue weighted by molar-refractivity contribution is 9.09. The lowest BCUT2D eigenvalue weighted by atomic mass is 10.1. The van der Waals surface area contributed by atoms with Gasteiger partial charge in [0.25, 0.3) is 0 Å². The Hall–Kier alpha value is -0.540. The van der Waals surface area contributed by atoms with Crippen LogP contribution in [0.2, 0.25) is 0 Å². The molecule has 0 bridgehead atoms. The highest BCUT2D eigenvalue weighted by atomic mass is 79.9. The Morgan fingerprint density at radius 1 is 1.15 bits per heavy atom. The van der Waals surface area contributed by atoms with Gasteiger partial charge in [0.1, 0.15) is 5.75 Å². The van der Waals surface area contributed by atoms with Crippen LogP contribution in [-0.4, -0.2) is 23.7 Å². The second kappa shape index (κ2) is 6.00. The summed E-state index contributed by atoms with van der Waals surface area (Å²) in [5.74, 6) is 0.310. The lowest BCUT2D eigenvalue weighted by molar-refractivity contribution is 0.154. The quantitative estimate of drug-likeness (QED) is 0.637. The molecule has 3 heteroatoms. The Labute approximate surface area is 86.7 Å². The molecule has 13 heavy (non-hydrogen) atoms. The average Bonchev–Trinajstić information content (AvgIpc) is 2.15. The summed E-state index contributed by atoms with van der Waals surface area (Å²) in [6.07, 6.45) is 0.896. The monoisotopic (exact) mass is 244 g/mol. The van der Waals surface area contributed by atoms with E-state index in [9.17, 15) is 0 Å². The standard InChI is InChI=1S/C10H13BrO2/c11-6-8-13-7-5-9-1-3-10(12)4-2-9/h1-4,12H,5-8H2. The first-order valence-corrected chi connectivity index (χ1v) is 5.36. The molecular formula is C10H13BrO2. The zero-order valence-electron chi connectivity index (χ0n) is 7.37. The van der Waals surface area contributed by atoms with Crippen LogP contribution in [0.15, 0.2) is 24.3 Å². The van der Waals surface area contributed by atoms with Gasteiger partial charge in [-0.3, -0.25) is 0 Å². The third kappa shape index (κ3) is 4.29. The van der Waals surface area contributed by atoms with Gasteiger partial charge in [-0.15, -0.1) is 0 Å². The van der Waals surface area contributed by atoms with Gasteiger partial charge in [0, 0.05) is 5.33 Å². The molecular weight excluding hydrogens is 232 g/mol. The zero-order valence-corrected chi connectivity index (χ0v) is 8.96.